The Bertz CT molecular complexity index is 616. The largest absolute Gasteiger partial charge is 0.357 e. The third kappa shape index (κ3) is 4.28. The number of likely N-dealkylation sites (tertiary alicyclic amines) is 1. The molecule has 1 aromatic rings. The van der Waals surface area contributed by atoms with E-state index in [1.165, 1.54) is 12.2 Å². The molecule has 1 atom stereocenters. The second-order valence-electron chi connectivity index (χ2n) is 6.51. The molecule has 128 valence electrons. The lowest BCUT2D eigenvalue weighted by Crippen LogP contribution is -2.50. The Labute approximate surface area is 145 Å². The van der Waals surface area contributed by atoms with E-state index in [-0.39, 0.29) is 6.04 Å². The summed E-state index contributed by atoms with van der Waals surface area (Å²) in [6.07, 6.45) is 6.48. The highest BCUT2D eigenvalue weighted by Gasteiger charge is 2.26. The number of nitrogens with zero attached hydrogens (tertiary/aromatic N) is 4. The van der Waals surface area contributed by atoms with Gasteiger partial charge in [-0.25, -0.2) is 0 Å². The van der Waals surface area contributed by atoms with Gasteiger partial charge in [-0.3, -0.25) is 9.88 Å². The highest BCUT2D eigenvalue weighted by molar-refractivity contribution is 5.12. The third-order valence-electron chi connectivity index (χ3n) is 4.57. The smallest absolute Gasteiger partial charge is 0.103 e. The summed E-state index contributed by atoms with van der Waals surface area (Å²) in [5.41, 5.74) is 7.28. The van der Waals surface area contributed by atoms with Gasteiger partial charge in [-0.2, -0.15) is 0 Å². The van der Waals surface area contributed by atoms with Gasteiger partial charge in [-0.1, -0.05) is 12.0 Å². The lowest BCUT2D eigenvalue weighted by Gasteiger charge is -2.43. The van der Waals surface area contributed by atoms with E-state index >= 15 is 0 Å². The van der Waals surface area contributed by atoms with Gasteiger partial charge in [0.2, 0.25) is 0 Å². The van der Waals surface area contributed by atoms with Crippen molar-refractivity contribution in [3.8, 4) is 11.8 Å². The van der Waals surface area contributed by atoms with Crippen LogP contribution in [0.15, 0.2) is 36.3 Å². The Balaban J connectivity index is 1.71. The summed E-state index contributed by atoms with van der Waals surface area (Å²) in [6, 6.07) is 6.37. The average molecular weight is 325 g/mol. The van der Waals surface area contributed by atoms with E-state index in [2.05, 4.69) is 43.7 Å². The summed E-state index contributed by atoms with van der Waals surface area (Å²) in [5, 5.41) is 0. The maximum atomic E-state index is 6.17. The summed E-state index contributed by atoms with van der Waals surface area (Å²) in [6.45, 7) is 7.37. The molecule has 24 heavy (non-hydrogen) atoms. The van der Waals surface area contributed by atoms with Crippen molar-refractivity contribution in [1.82, 2.24) is 19.7 Å². The molecule has 0 aliphatic carbocycles. The summed E-state index contributed by atoms with van der Waals surface area (Å²) < 4.78 is 0. The molecule has 5 heteroatoms. The number of aromatic nitrogens is 1. The molecule has 0 unspecified atom stereocenters. The number of hydrogen-bond acceptors (Lipinski definition) is 5. The molecule has 1 fully saturated rings. The van der Waals surface area contributed by atoms with E-state index < -0.39 is 0 Å². The van der Waals surface area contributed by atoms with Crippen LogP contribution in [-0.2, 0) is 6.54 Å². The van der Waals surface area contributed by atoms with Crippen molar-refractivity contribution in [3.05, 3.63) is 42.0 Å². The summed E-state index contributed by atoms with van der Waals surface area (Å²) >= 11 is 0. The molecule has 0 saturated carbocycles. The van der Waals surface area contributed by atoms with Gasteiger partial charge in [-0.05, 0) is 38.0 Å². The zero-order chi connectivity index (χ0) is 16.8. The standard InChI is InChI=1S/C19H27N5/c1-2-3-11-24-16-22(15-18-8-4-5-10-21-18)13-9-19(24)23-12-6-7-17(20)14-23/h4-5,8-10,17H,6-7,11-16,20H2,1H3/t17-/m1/s1. The van der Waals surface area contributed by atoms with Crippen LogP contribution < -0.4 is 5.73 Å². The van der Waals surface area contributed by atoms with Gasteiger partial charge >= 0.3 is 0 Å². The van der Waals surface area contributed by atoms with Gasteiger partial charge in [-0.15, -0.1) is 5.92 Å². The molecule has 0 amide bonds. The molecule has 3 rings (SSSR count). The van der Waals surface area contributed by atoms with Gasteiger partial charge in [0.1, 0.15) is 5.82 Å². The fourth-order valence-corrected chi connectivity index (χ4v) is 3.40. The minimum atomic E-state index is 0.283. The van der Waals surface area contributed by atoms with Crippen LogP contribution in [-0.4, -0.2) is 58.6 Å². The Morgan fingerprint density at radius 1 is 1.38 bits per heavy atom. The summed E-state index contributed by atoms with van der Waals surface area (Å²) in [7, 11) is 0. The van der Waals surface area contributed by atoms with E-state index in [1.807, 2.05) is 25.3 Å². The molecule has 3 heterocycles. The van der Waals surface area contributed by atoms with Crippen LogP contribution in [0.2, 0.25) is 0 Å². The van der Waals surface area contributed by atoms with Gasteiger partial charge < -0.3 is 15.5 Å². The van der Waals surface area contributed by atoms with E-state index in [9.17, 15) is 0 Å². The van der Waals surface area contributed by atoms with Crippen molar-refractivity contribution >= 4 is 0 Å². The monoisotopic (exact) mass is 325 g/mol. The van der Waals surface area contributed by atoms with Crippen molar-refractivity contribution in [3.63, 3.8) is 0 Å². The normalized spacial score (nSPS) is 21.9. The van der Waals surface area contributed by atoms with E-state index in [4.69, 9.17) is 5.73 Å². The van der Waals surface area contributed by atoms with Gasteiger partial charge in [0.25, 0.3) is 0 Å². The number of nitrogens with two attached hydrogens (primary N) is 1. The first-order valence-corrected chi connectivity index (χ1v) is 8.74. The SMILES string of the molecule is CC#CCN1CN(Cc2ccccn2)CC=C1N1CCC[C@@H](N)C1. The lowest BCUT2D eigenvalue weighted by molar-refractivity contribution is 0.101. The van der Waals surface area contributed by atoms with Crippen LogP contribution in [0.5, 0.6) is 0 Å². The molecule has 1 saturated heterocycles. The van der Waals surface area contributed by atoms with E-state index in [0.29, 0.717) is 0 Å². The van der Waals surface area contributed by atoms with Crippen molar-refractivity contribution < 1.29 is 0 Å². The molecular weight excluding hydrogens is 298 g/mol. The van der Waals surface area contributed by atoms with Crippen LogP contribution in [0.3, 0.4) is 0 Å². The average Bonchev–Trinajstić information content (AvgIpc) is 2.61. The van der Waals surface area contributed by atoms with Gasteiger partial charge in [0, 0.05) is 38.4 Å². The second kappa shape index (κ2) is 8.18. The first kappa shape index (κ1) is 16.8. The number of rotatable bonds is 4. The summed E-state index contributed by atoms with van der Waals surface area (Å²) in [4.78, 5) is 11.6. The first-order valence-electron chi connectivity index (χ1n) is 8.74. The summed E-state index contributed by atoms with van der Waals surface area (Å²) in [5.74, 6) is 7.53. The Kier molecular flexibility index (Phi) is 5.73. The molecule has 5 nitrogen and oxygen atoms in total. The predicted octanol–water partition coefficient (Wildman–Crippen LogP) is 1.44. The molecule has 2 aliphatic heterocycles. The molecular formula is C19H27N5. The highest BCUT2D eigenvalue weighted by Crippen LogP contribution is 2.21. The molecule has 0 aromatic carbocycles. The molecule has 0 radical (unpaired) electrons. The number of hydrogen-bond donors (Lipinski definition) is 1. The van der Waals surface area contributed by atoms with Crippen molar-refractivity contribution in [2.75, 3.05) is 32.8 Å². The maximum absolute atomic E-state index is 6.17. The highest BCUT2D eigenvalue weighted by atomic mass is 15.4. The third-order valence-corrected chi connectivity index (χ3v) is 4.57. The van der Waals surface area contributed by atoms with Crippen molar-refractivity contribution in [2.24, 2.45) is 5.73 Å². The van der Waals surface area contributed by atoms with Crippen LogP contribution in [0, 0.1) is 11.8 Å². The fourth-order valence-electron chi connectivity index (χ4n) is 3.40. The van der Waals surface area contributed by atoms with Crippen LogP contribution in [0.4, 0.5) is 0 Å². The zero-order valence-electron chi connectivity index (χ0n) is 14.5. The first-order chi connectivity index (χ1) is 11.8. The minimum Gasteiger partial charge on any atom is -0.357 e. The zero-order valence-corrected chi connectivity index (χ0v) is 14.5. The van der Waals surface area contributed by atoms with E-state index in [0.717, 1.165) is 51.5 Å². The number of piperidine rings is 1. The van der Waals surface area contributed by atoms with Crippen LogP contribution in [0.1, 0.15) is 25.5 Å². The minimum absolute atomic E-state index is 0.283. The van der Waals surface area contributed by atoms with Crippen molar-refractivity contribution in [2.45, 2.75) is 32.4 Å². The molecule has 1 aromatic heterocycles. The molecule has 2 aliphatic rings. The number of pyridine rings is 1. The lowest BCUT2D eigenvalue weighted by atomic mass is 10.1. The predicted molar refractivity (Wildman–Crippen MR) is 96.5 cm³/mol. The maximum Gasteiger partial charge on any atom is 0.103 e. The Hall–Kier alpha value is -2.03. The Morgan fingerprint density at radius 2 is 2.29 bits per heavy atom. The van der Waals surface area contributed by atoms with E-state index in [1.54, 1.807) is 0 Å². The Morgan fingerprint density at radius 3 is 3.04 bits per heavy atom. The van der Waals surface area contributed by atoms with Crippen LogP contribution in [0.25, 0.3) is 0 Å². The topological polar surface area (TPSA) is 48.6 Å². The fraction of sp³-hybridized carbons (Fsp3) is 0.526. The quantitative estimate of drug-likeness (QED) is 0.849. The second-order valence-corrected chi connectivity index (χ2v) is 6.51. The molecule has 2 N–H and O–H groups in total. The van der Waals surface area contributed by atoms with Crippen molar-refractivity contribution in [1.29, 1.82) is 0 Å². The van der Waals surface area contributed by atoms with Gasteiger partial charge in [0.15, 0.2) is 0 Å². The molecule has 0 bridgehead atoms. The molecule has 0 spiro atoms. The van der Waals surface area contributed by atoms with Gasteiger partial charge in [0.05, 0.1) is 18.9 Å². The van der Waals surface area contributed by atoms with Crippen LogP contribution >= 0.6 is 0 Å².